The van der Waals surface area contributed by atoms with Gasteiger partial charge in [-0.05, 0) is 38.5 Å². The number of piperidine rings is 1. The van der Waals surface area contributed by atoms with Crippen LogP contribution in [0.25, 0.3) is 0 Å². The van der Waals surface area contributed by atoms with Crippen molar-refractivity contribution in [2.45, 2.75) is 45.7 Å². The van der Waals surface area contributed by atoms with Crippen molar-refractivity contribution in [2.24, 2.45) is 11.8 Å². The van der Waals surface area contributed by atoms with E-state index in [2.05, 4.69) is 25.7 Å². The zero-order valence-electron chi connectivity index (χ0n) is 7.88. The fraction of sp³-hybridized carbons (Fsp3) is 1.00. The molecule has 2 rings (SSSR count). The van der Waals surface area contributed by atoms with Gasteiger partial charge in [-0.15, -0.1) is 0 Å². The van der Waals surface area contributed by atoms with E-state index in [0.29, 0.717) is 0 Å². The Labute approximate surface area is 69.8 Å². The Morgan fingerprint density at radius 2 is 2.00 bits per heavy atom. The minimum Gasteiger partial charge on any atom is -0.297 e. The third-order valence-electron chi connectivity index (χ3n) is 3.72. The normalized spacial score (nSPS) is 44.2. The second kappa shape index (κ2) is 2.48. The van der Waals surface area contributed by atoms with Crippen molar-refractivity contribution in [3.05, 3.63) is 0 Å². The van der Waals surface area contributed by atoms with E-state index in [4.69, 9.17) is 0 Å². The average molecular weight is 153 g/mol. The van der Waals surface area contributed by atoms with Crippen molar-refractivity contribution in [3.63, 3.8) is 0 Å². The largest absolute Gasteiger partial charge is 0.297 e. The van der Waals surface area contributed by atoms with Crippen LogP contribution in [-0.4, -0.2) is 23.5 Å². The summed E-state index contributed by atoms with van der Waals surface area (Å²) in [4.78, 5) is 2.69. The maximum atomic E-state index is 2.69. The fourth-order valence-corrected chi connectivity index (χ4v) is 2.95. The highest BCUT2D eigenvalue weighted by atomic mass is 15.2. The topological polar surface area (TPSA) is 3.24 Å². The van der Waals surface area contributed by atoms with Crippen molar-refractivity contribution >= 4 is 0 Å². The molecule has 0 radical (unpaired) electrons. The van der Waals surface area contributed by atoms with Crippen LogP contribution in [0, 0.1) is 11.8 Å². The van der Waals surface area contributed by atoms with Crippen molar-refractivity contribution < 1.29 is 0 Å². The van der Waals surface area contributed by atoms with Gasteiger partial charge < -0.3 is 0 Å². The first-order chi connectivity index (χ1) is 5.20. The molecule has 64 valence electrons. The molecule has 1 heteroatoms. The fourth-order valence-electron chi connectivity index (χ4n) is 2.95. The Kier molecular flexibility index (Phi) is 1.71. The molecule has 0 spiro atoms. The molecule has 0 aromatic heterocycles. The SMILES string of the molecule is CC1C2CCC1N(C(C)C)C2. The molecule has 2 bridgehead atoms. The van der Waals surface area contributed by atoms with Gasteiger partial charge in [0, 0.05) is 18.6 Å². The highest BCUT2D eigenvalue weighted by Gasteiger charge is 2.44. The number of hydrogen-bond acceptors (Lipinski definition) is 1. The summed E-state index contributed by atoms with van der Waals surface area (Å²) in [6.45, 7) is 8.47. The lowest BCUT2D eigenvalue weighted by Crippen LogP contribution is -2.38. The lowest BCUT2D eigenvalue weighted by atomic mass is 10.0. The third kappa shape index (κ3) is 1.01. The van der Waals surface area contributed by atoms with Crippen LogP contribution in [0.3, 0.4) is 0 Å². The molecule has 1 aliphatic heterocycles. The summed E-state index contributed by atoms with van der Waals surface area (Å²) in [5.41, 5.74) is 0. The van der Waals surface area contributed by atoms with Gasteiger partial charge >= 0.3 is 0 Å². The summed E-state index contributed by atoms with van der Waals surface area (Å²) in [6, 6.07) is 1.70. The van der Waals surface area contributed by atoms with E-state index in [1.165, 1.54) is 19.4 Å². The highest BCUT2D eigenvalue weighted by molar-refractivity contribution is 4.98. The standard InChI is InChI=1S/C10H19N/c1-7(2)11-6-9-4-5-10(11)8(9)3/h7-10H,4-6H2,1-3H3. The van der Waals surface area contributed by atoms with Crippen LogP contribution >= 0.6 is 0 Å². The van der Waals surface area contributed by atoms with Crippen LogP contribution in [0.1, 0.15) is 33.6 Å². The average Bonchev–Trinajstić information content (AvgIpc) is 2.46. The monoisotopic (exact) mass is 153 g/mol. The lowest BCUT2D eigenvalue weighted by molar-refractivity contribution is 0.164. The van der Waals surface area contributed by atoms with E-state index in [1.54, 1.807) is 0 Å². The van der Waals surface area contributed by atoms with Crippen LogP contribution in [0.4, 0.5) is 0 Å². The minimum absolute atomic E-state index is 0.771. The molecule has 11 heavy (non-hydrogen) atoms. The van der Waals surface area contributed by atoms with E-state index in [-0.39, 0.29) is 0 Å². The maximum Gasteiger partial charge on any atom is 0.0127 e. The summed E-state index contributed by atoms with van der Waals surface area (Å²) >= 11 is 0. The molecule has 1 saturated heterocycles. The number of nitrogens with zero attached hydrogens (tertiary/aromatic N) is 1. The van der Waals surface area contributed by atoms with Crippen molar-refractivity contribution in [2.75, 3.05) is 6.54 Å². The van der Waals surface area contributed by atoms with Crippen LogP contribution in [-0.2, 0) is 0 Å². The van der Waals surface area contributed by atoms with E-state index in [1.807, 2.05) is 0 Å². The van der Waals surface area contributed by atoms with Crippen LogP contribution in [0.5, 0.6) is 0 Å². The smallest absolute Gasteiger partial charge is 0.0127 e. The van der Waals surface area contributed by atoms with E-state index in [0.717, 1.165) is 23.9 Å². The van der Waals surface area contributed by atoms with Gasteiger partial charge in [0.25, 0.3) is 0 Å². The van der Waals surface area contributed by atoms with Crippen LogP contribution in [0.15, 0.2) is 0 Å². The van der Waals surface area contributed by atoms with Gasteiger partial charge in [-0.1, -0.05) is 6.92 Å². The van der Waals surface area contributed by atoms with Crippen molar-refractivity contribution in [1.82, 2.24) is 4.90 Å². The second-order valence-electron chi connectivity index (χ2n) is 4.55. The predicted molar refractivity (Wildman–Crippen MR) is 47.5 cm³/mol. The zero-order valence-corrected chi connectivity index (χ0v) is 7.88. The molecule has 2 fully saturated rings. The first-order valence-electron chi connectivity index (χ1n) is 4.96. The Hall–Kier alpha value is -0.0400. The third-order valence-corrected chi connectivity index (χ3v) is 3.72. The van der Waals surface area contributed by atoms with Gasteiger partial charge in [0.1, 0.15) is 0 Å². The van der Waals surface area contributed by atoms with Crippen molar-refractivity contribution in [1.29, 1.82) is 0 Å². The molecule has 0 amide bonds. The van der Waals surface area contributed by atoms with Gasteiger partial charge in [0.15, 0.2) is 0 Å². The van der Waals surface area contributed by atoms with Crippen LogP contribution in [0.2, 0.25) is 0 Å². The Bertz CT molecular complexity index is 153. The lowest BCUT2D eigenvalue weighted by Gasteiger charge is -2.30. The summed E-state index contributed by atoms with van der Waals surface area (Å²) in [5.74, 6) is 2.01. The molecule has 1 nitrogen and oxygen atoms in total. The first-order valence-corrected chi connectivity index (χ1v) is 4.96. The summed E-state index contributed by atoms with van der Waals surface area (Å²) in [6.07, 6.45) is 2.96. The van der Waals surface area contributed by atoms with Gasteiger partial charge in [0.2, 0.25) is 0 Å². The minimum atomic E-state index is 0.771. The van der Waals surface area contributed by atoms with Gasteiger partial charge in [-0.3, -0.25) is 4.90 Å². The van der Waals surface area contributed by atoms with Gasteiger partial charge in [0.05, 0.1) is 0 Å². The zero-order chi connectivity index (χ0) is 8.01. The molecular weight excluding hydrogens is 134 g/mol. The van der Waals surface area contributed by atoms with E-state index in [9.17, 15) is 0 Å². The molecule has 3 unspecified atom stereocenters. The number of hydrogen-bond donors (Lipinski definition) is 0. The molecule has 0 N–H and O–H groups in total. The number of rotatable bonds is 1. The van der Waals surface area contributed by atoms with Gasteiger partial charge in [-0.25, -0.2) is 0 Å². The number of likely N-dealkylation sites (tertiary alicyclic amines) is 1. The molecule has 1 saturated carbocycles. The molecular formula is C10H19N. The molecule has 0 aromatic carbocycles. The second-order valence-corrected chi connectivity index (χ2v) is 4.55. The summed E-state index contributed by atoms with van der Waals surface area (Å²) in [7, 11) is 0. The molecule has 1 heterocycles. The predicted octanol–water partition coefficient (Wildman–Crippen LogP) is 2.13. The molecule has 2 aliphatic rings. The van der Waals surface area contributed by atoms with Crippen molar-refractivity contribution in [3.8, 4) is 0 Å². The summed E-state index contributed by atoms with van der Waals surface area (Å²) < 4.78 is 0. The maximum absolute atomic E-state index is 2.69. The summed E-state index contributed by atoms with van der Waals surface area (Å²) in [5, 5.41) is 0. The first kappa shape index (κ1) is 7.60. The molecule has 0 aromatic rings. The van der Waals surface area contributed by atoms with Gasteiger partial charge in [-0.2, -0.15) is 0 Å². The highest BCUT2D eigenvalue weighted by Crippen LogP contribution is 2.42. The van der Waals surface area contributed by atoms with E-state index >= 15 is 0 Å². The molecule has 3 atom stereocenters. The quantitative estimate of drug-likeness (QED) is 0.558. The Morgan fingerprint density at radius 1 is 1.27 bits per heavy atom. The van der Waals surface area contributed by atoms with Crippen LogP contribution < -0.4 is 0 Å². The Balaban J connectivity index is 2.09. The Morgan fingerprint density at radius 3 is 2.27 bits per heavy atom. The number of fused-ring (bicyclic) bond motifs is 2. The molecule has 1 aliphatic carbocycles. The van der Waals surface area contributed by atoms with E-state index < -0.39 is 0 Å².